The molecule has 0 saturated carbocycles. The predicted molar refractivity (Wildman–Crippen MR) is 203 cm³/mol. The van der Waals surface area contributed by atoms with Crippen LogP contribution in [0.15, 0.2) is 103 Å². The first kappa shape index (κ1) is 38.6. The van der Waals surface area contributed by atoms with E-state index in [4.69, 9.17) is 15.2 Å². The number of nitrogens with zero attached hydrogens (tertiary/aromatic N) is 1. The number of hydrogen-bond donors (Lipinski definition) is 5. The first-order chi connectivity index (χ1) is 25.2. The van der Waals surface area contributed by atoms with Gasteiger partial charge in [0.1, 0.15) is 0 Å². The van der Waals surface area contributed by atoms with Gasteiger partial charge in [-0.3, -0.25) is 14.5 Å². The number of ether oxygens (including phenoxy) is 2. The van der Waals surface area contributed by atoms with Crippen LogP contribution in [0.2, 0.25) is 0 Å². The number of rotatable bonds is 17. The molecule has 4 aromatic rings. The van der Waals surface area contributed by atoms with E-state index in [9.17, 15) is 19.8 Å². The molecule has 0 aromatic heterocycles. The Morgan fingerprint density at radius 3 is 2.15 bits per heavy atom. The minimum Gasteiger partial charge on any atom is -0.397 e. The van der Waals surface area contributed by atoms with Gasteiger partial charge in [0.25, 0.3) is 0 Å². The van der Waals surface area contributed by atoms with E-state index >= 15 is 0 Å². The molecule has 1 fully saturated rings. The van der Waals surface area contributed by atoms with Gasteiger partial charge in [0.2, 0.25) is 11.8 Å². The Balaban J connectivity index is 1.11. The quantitative estimate of drug-likeness (QED) is 0.0612. The number of amides is 2. The van der Waals surface area contributed by atoms with E-state index in [2.05, 4.69) is 15.5 Å². The SMILES string of the molecule is CC(C(O)c1ccccc1)N(C)CC1CC(c2ccc(CO)cc2)OC(c2ccc(CNC(=O)CCCCCC(=O)Nc3ccccc3N)cc2)O1. The number of aliphatic hydroxyl groups is 2. The molecule has 0 bridgehead atoms. The van der Waals surface area contributed by atoms with Crippen molar-refractivity contribution in [2.45, 2.75) is 89.2 Å². The van der Waals surface area contributed by atoms with Crippen molar-refractivity contribution >= 4 is 23.2 Å². The number of unbranched alkanes of at least 4 members (excludes halogenated alkanes) is 2. The van der Waals surface area contributed by atoms with Gasteiger partial charge in [-0.15, -0.1) is 0 Å². The Morgan fingerprint density at radius 2 is 1.46 bits per heavy atom. The van der Waals surface area contributed by atoms with Crippen molar-refractivity contribution in [3.8, 4) is 0 Å². The topological polar surface area (TPSA) is 146 Å². The Bertz CT molecular complexity index is 1700. The molecule has 2 amide bonds. The molecule has 0 aliphatic carbocycles. The summed E-state index contributed by atoms with van der Waals surface area (Å²) in [5.41, 5.74) is 11.6. The molecule has 6 N–H and O–H groups in total. The number of aliphatic hydroxyl groups excluding tert-OH is 2. The van der Waals surface area contributed by atoms with Gasteiger partial charge in [-0.1, -0.05) is 97.4 Å². The summed E-state index contributed by atoms with van der Waals surface area (Å²) in [5, 5.41) is 26.4. The number of carbonyl (C=O) groups is 2. The summed E-state index contributed by atoms with van der Waals surface area (Å²) in [4.78, 5) is 26.9. The number of nitrogens with one attached hydrogen (secondary N) is 2. The zero-order valence-corrected chi connectivity index (χ0v) is 30.1. The third-order valence-corrected chi connectivity index (χ3v) is 9.68. The highest BCUT2D eigenvalue weighted by molar-refractivity contribution is 5.93. The van der Waals surface area contributed by atoms with Crippen LogP contribution in [0.4, 0.5) is 11.4 Å². The molecule has 4 aromatic carbocycles. The van der Waals surface area contributed by atoms with Gasteiger partial charge >= 0.3 is 0 Å². The summed E-state index contributed by atoms with van der Waals surface area (Å²) >= 11 is 0. The molecule has 10 heteroatoms. The zero-order valence-electron chi connectivity index (χ0n) is 30.1. The van der Waals surface area contributed by atoms with Crippen molar-refractivity contribution in [3.05, 3.63) is 131 Å². The number of anilines is 2. The molecular weight excluding hydrogens is 656 g/mol. The Morgan fingerprint density at radius 1 is 0.827 bits per heavy atom. The van der Waals surface area contributed by atoms with E-state index in [-0.39, 0.29) is 36.7 Å². The number of para-hydroxylation sites is 2. The molecule has 0 radical (unpaired) electrons. The molecule has 5 unspecified atom stereocenters. The normalized spacial score (nSPS) is 18.4. The van der Waals surface area contributed by atoms with Crippen LogP contribution in [0.1, 0.15) is 91.8 Å². The van der Waals surface area contributed by atoms with E-state index < -0.39 is 12.4 Å². The van der Waals surface area contributed by atoms with Crippen molar-refractivity contribution in [3.63, 3.8) is 0 Å². The fourth-order valence-electron chi connectivity index (χ4n) is 6.34. The molecule has 1 aliphatic rings. The maximum absolute atomic E-state index is 12.5. The minimum atomic E-state index is -0.643. The number of nitrogen functional groups attached to an aromatic ring is 1. The summed E-state index contributed by atoms with van der Waals surface area (Å²) in [6.45, 7) is 2.99. The van der Waals surface area contributed by atoms with Gasteiger partial charge in [0.05, 0.1) is 36.3 Å². The van der Waals surface area contributed by atoms with Gasteiger partial charge in [-0.05, 0) is 61.2 Å². The van der Waals surface area contributed by atoms with E-state index in [0.29, 0.717) is 56.6 Å². The van der Waals surface area contributed by atoms with E-state index in [1.165, 1.54) is 0 Å². The lowest BCUT2D eigenvalue weighted by molar-refractivity contribution is -0.253. The largest absolute Gasteiger partial charge is 0.397 e. The molecule has 5 atom stereocenters. The third kappa shape index (κ3) is 11.2. The van der Waals surface area contributed by atoms with Crippen LogP contribution in [0, 0.1) is 0 Å². The number of nitrogens with two attached hydrogens (primary N) is 1. The Labute approximate surface area is 307 Å². The second-order valence-electron chi connectivity index (χ2n) is 13.6. The van der Waals surface area contributed by atoms with E-state index in [1.54, 1.807) is 12.1 Å². The summed E-state index contributed by atoms with van der Waals surface area (Å²) in [7, 11) is 2.00. The predicted octanol–water partition coefficient (Wildman–Crippen LogP) is 6.57. The summed E-state index contributed by atoms with van der Waals surface area (Å²) in [6, 6.07) is 32.4. The molecule has 1 heterocycles. The molecule has 1 aliphatic heterocycles. The second kappa shape index (κ2) is 19.3. The monoisotopic (exact) mass is 708 g/mol. The smallest absolute Gasteiger partial charge is 0.224 e. The molecule has 52 heavy (non-hydrogen) atoms. The van der Waals surface area contributed by atoms with Crippen LogP contribution in [0.5, 0.6) is 0 Å². The second-order valence-corrected chi connectivity index (χ2v) is 13.6. The average Bonchev–Trinajstić information content (AvgIpc) is 3.17. The van der Waals surface area contributed by atoms with Crippen LogP contribution in [-0.2, 0) is 32.2 Å². The van der Waals surface area contributed by atoms with Gasteiger partial charge in [0, 0.05) is 44.0 Å². The fraction of sp³-hybridized carbons (Fsp3) is 0.381. The average molecular weight is 709 g/mol. The fourth-order valence-corrected chi connectivity index (χ4v) is 6.34. The van der Waals surface area contributed by atoms with Crippen molar-refractivity contribution < 1.29 is 29.3 Å². The van der Waals surface area contributed by atoms with Crippen LogP contribution in [0.3, 0.4) is 0 Å². The summed E-state index contributed by atoms with van der Waals surface area (Å²) in [5.74, 6) is -0.114. The lowest BCUT2D eigenvalue weighted by Gasteiger charge is -2.39. The number of carbonyl (C=O) groups excluding carboxylic acids is 2. The summed E-state index contributed by atoms with van der Waals surface area (Å²) < 4.78 is 13.1. The first-order valence-electron chi connectivity index (χ1n) is 18.1. The third-order valence-electron chi connectivity index (χ3n) is 9.68. The molecule has 0 spiro atoms. The van der Waals surface area contributed by atoms with Crippen molar-refractivity contribution in [1.29, 1.82) is 0 Å². The summed E-state index contributed by atoms with van der Waals surface area (Å²) in [6.07, 6.45) is 1.92. The highest BCUT2D eigenvalue weighted by Gasteiger charge is 2.34. The highest BCUT2D eigenvalue weighted by atomic mass is 16.7. The Hall–Kier alpha value is -4.58. The van der Waals surface area contributed by atoms with Crippen LogP contribution < -0.4 is 16.4 Å². The molecule has 10 nitrogen and oxygen atoms in total. The number of benzene rings is 4. The molecule has 276 valence electrons. The maximum Gasteiger partial charge on any atom is 0.224 e. The van der Waals surface area contributed by atoms with Crippen molar-refractivity contribution in [2.24, 2.45) is 0 Å². The van der Waals surface area contributed by atoms with Gasteiger partial charge in [-0.2, -0.15) is 0 Å². The zero-order chi connectivity index (χ0) is 36.9. The van der Waals surface area contributed by atoms with Crippen LogP contribution in [-0.4, -0.2) is 52.7 Å². The lowest BCUT2D eigenvalue weighted by Crippen LogP contribution is -2.43. The van der Waals surface area contributed by atoms with Crippen LogP contribution >= 0.6 is 0 Å². The highest BCUT2D eigenvalue weighted by Crippen LogP contribution is 2.38. The number of hydrogen-bond acceptors (Lipinski definition) is 8. The minimum absolute atomic E-state index is 0.0222. The van der Waals surface area contributed by atoms with E-state index in [1.807, 2.05) is 105 Å². The lowest BCUT2D eigenvalue weighted by atomic mass is 9.98. The van der Waals surface area contributed by atoms with Crippen molar-refractivity contribution in [2.75, 3.05) is 24.6 Å². The van der Waals surface area contributed by atoms with Crippen molar-refractivity contribution in [1.82, 2.24) is 10.2 Å². The standard InChI is InChI=1S/C42H52N4O6/c1-29(41(50)33-11-5-3-6-12-33)46(2)27-35-25-38(32-21-19-31(28-47)20-22-32)52-42(51-35)34-23-17-30(18-24-34)26-44-39(48)15-7-4-8-16-40(49)45-37-14-10-9-13-36(37)43/h3,5-6,9-14,17-24,29,35,38,41-42,47,50H,4,7-8,15-16,25-28,43H2,1-2H3,(H,44,48)(H,45,49). The first-order valence-corrected chi connectivity index (χ1v) is 18.1. The molecule has 5 rings (SSSR count). The molecular formula is C42H52N4O6. The maximum atomic E-state index is 12.5. The number of likely N-dealkylation sites (N-methyl/N-ethyl adjacent to an activating group) is 1. The van der Waals surface area contributed by atoms with Gasteiger partial charge in [0.15, 0.2) is 6.29 Å². The van der Waals surface area contributed by atoms with Crippen LogP contribution in [0.25, 0.3) is 0 Å². The Kier molecular flexibility index (Phi) is 14.4. The molecule has 1 saturated heterocycles. The van der Waals surface area contributed by atoms with E-state index in [0.717, 1.165) is 34.2 Å². The van der Waals surface area contributed by atoms with Gasteiger partial charge < -0.3 is 36.1 Å². The van der Waals surface area contributed by atoms with Gasteiger partial charge in [-0.25, -0.2) is 0 Å².